The minimum atomic E-state index is -5.03. The Morgan fingerprint density at radius 3 is 2.38 bits per heavy atom. The summed E-state index contributed by atoms with van der Waals surface area (Å²) in [6.07, 6.45) is -2.25. The molecule has 3 bridgehead atoms. The molecule has 0 heterocycles. The first-order valence-electron chi connectivity index (χ1n) is 8.27. The lowest BCUT2D eigenvalue weighted by atomic mass is 9.53. The van der Waals surface area contributed by atoms with Crippen LogP contribution in [0, 0.1) is 29.6 Å². The molecule has 1 N–H and O–H groups in total. The summed E-state index contributed by atoms with van der Waals surface area (Å²) in [7, 11) is -4.91. The van der Waals surface area contributed by atoms with Crippen molar-refractivity contribution >= 4 is 16.1 Å². The minimum absolute atomic E-state index is 0.0254. The van der Waals surface area contributed by atoms with E-state index >= 15 is 0 Å². The van der Waals surface area contributed by atoms with Crippen LogP contribution < -0.4 is 0 Å². The lowest BCUT2D eigenvalue weighted by Crippen LogP contribution is -2.50. The standard InChI is InChI=1S/C15H21F3O5S/c16-15(17,18)12(7-24(20,21)22)23-14(19)13-10-4-3-9-2-1-8(5-10)6-11(9)13/h8-13H,1-7H2,(H,20,21,22). The van der Waals surface area contributed by atoms with Crippen LogP contribution in [0.1, 0.15) is 38.5 Å². The van der Waals surface area contributed by atoms with Gasteiger partial charge in [-0.05, 0) is 55.8 Å². The summed E-state index contributed by atoms with van der Waals surface area (Å²) in [4.78, 5) is 12.4. The number of carbonyl (C=O) groups excluding carboxylic acids is 1. The maximum atomic E-state index is 13.0. The first kappa shape index (κ1) is 18.0. The van der Waals surface area contributed by atoms with Gasteiger partial charge in [0.05, 0.1) is 5.92 Å². The molecule has 6 atom stereocenters. The van der Waals surface area contributed by atoms with Crippen molar-refractivity contribution in [2.45, 2.75) is 50.8 Å². The van der Waals surface area contributed by atoms with E-state index in [-0.39, 0.29) is 11.8 Å². The van der Waals surface area contributed by atoms with Crippen LogP contribution >= 0.6 is 0 Å². The second-order valence-electron chi connectivity index (χ2n) is 7.42. The van der Waals surface area contributed by atoms with Crippen LogP contribution in [-0.4, -0.2) is 37.0 Å². The molecule has 0 radical (unpaired) electrons. The molecule has 5 nitrogen and oxygen atoms in total. The number of rotatable bonds is 4. The Bertz CT molecular complexity index is 599. The third-order valence-corrected chi connectivity index (χ3v) is 6.65. The molecule has 0 aromatic rings. The van der Waals surface area contributed by atoms with E-state index in [0.717, 1.165) is 38.5 Å². The summed E-state index contributed by atoms with van der Waals surface area (Å²) in [5, 5.41) is 0. The zero-order valence-electron chi connectivity index (χ0n) is 13.0. The predicted molar refractivity (Wildman–Crippen MR) is 77.5 cm³/mol. The highest BCUT2D eigenvalue weighted by Crippen LogP contribution is 2.55. The molecular formula is C15H21F3O5S. The molecule has 0 saturated heterocycles. The van der Waals surface area contributed by atoms with Crippen molar-refractivity contribution in [3.05, 3.63) is 0 Å². The molecule has 0 aromatic carbocycles. The van der Waals surface area contributed by atoms with Crippen molar-refractivity contribution in [1.82, 2.24) is 0 Å². The van der Waals surface area contributed by atoms with Crippen LogP contribution in [0.2, 0.25) is 0 Å². The summed E-state index contributed by atoms with van der Waals surface area (Å²) in [5.74, 6) is -2.23. The monoisotopic (exact) mass is 370 g/mol. The Morgan fingerprint density at radius 2 is 1.75 bits per heavy atom. The van der Waals surface area contributed by atoms with Gasteiger partial charge in [-0.15, -0.1) is 0 Å². The predicted octanol–water partition coefficient (Wildman–Crippen LogP) is 2.81. The molecule has 138 valence electrons. The lowest BCUT2D eigenvalue weighted by Gasteiger charge is -2.52. The van der Waals surface area contributed by atoms with Crippen LogP contribution in [0.3, 0.4) is 0 Å². The maximum absolute atomic E-state index is 13.0. The minimum Gasteiger partial charge on any atom is -0.451 e. The molecule has 3 aliphatic carbocycles. The number of ether oxygens (including phenoxy) is 1. The van der Waals surface area contributed by atoms with Crippen molar-refractivity contribution in [2.24, 2.45) is 29.6 Å². The summed E-state index contributed by atoms with van der Waals surface area (Å²) in [5.41, 5.74) is 0. The average Bonchev–Trinajstić information content (AvgIpc) is 2.41. The Hall–Kier alpha value is -0.830. The summed E-state index contributed by atoms with van der Waals surface area (Å²) in [6.45, 7) is 0. The second kappa shape index (κ2) is 6.16. The van der Waals surface area contributed by atoms with Gasteiger partial charge >= 0.3 is 12.1 Å². The summed E-state index contributed by atoms with van der Waals surface area (Å²) in [6, 6.07) is 0. The van der Waals surface area contributed by atoms with Gasteiger partial charge in [-0.3, -0.25) is 9.35 Å². The van der Waals surface area contributed by atoms with Crippen molar-refractivity contribution < 1.29 is 35.7 Å². The van der Waals surface area contributed by atoms with E-state index in [0.29, 0.717) is 11.8 Å². The molecule has 3 aliphatic rings. The van der Waals surface area contributed by atoms with Gasteiger partial charge in [0.2, 0.25) is 6.10 Å². The maximum Gasteiger partial charge on any atom is 0.426 e. The smallest absolute Gasteiger partial charge is 0.426 e. The molecule has 3 saturated carbocycles. The molecular weight excluding hydrogens is 349 g/mol. The highest BCUT2D eigenvalue weighted by atomic mass is 32.2. The zero-order chi connectivity index (χ0) is 17.7. The van der Waals surface area contributed by atoms with Gasteiger partial charge in [-0.2, -0.15) is 21.6 Å². The van der Waals surface area contributed by atoms with E-state index in [2.05, 4.69) is 4.74 Å². The van der Waals surface area contributed by atoms with Crippen molar-refractivity contribution in [1.29, 1.82) is 0 Å². The van der Waals surface area contributed by atoms with Gasteiger partial charge < -0.3 is 4.74 Å². The van der Waals surface area contributed by atoms with Crippen molar-refractivity contribution in [3.63, 3.8) is 0 Å². The van der Waals surface area contributed by atoms with Gasteiger partial charge in [0.15, 0.2) is 0 Å². The molecule has 0 spiro atoms. The number of fused-ring (bicyclic) bond motifs is 2. The fraction of sp³-hybridized carbons (Fsp3) is 0.933. The van der Waals surface area contributed by atoms with E-state index in [4.69, 9.17) is 4.55 Å². The largest absolute Gasteiger partial charge is 0.451 e. The van der Waals surface area contributed by atoms with Gasteiger partial charge in [-0.1, -0.05) is 6.42 Å². The van der Waals surface area contributed by atoms with Gasteiger partial charge in [0, 0.05) is 0 Å². The fourth-order valence-electron chi connectivity index (χ4n) is 4.99. The Morgan fingerprint density at radius 1 is 1.12 bits per heavy atom. The van der Waals surface area contributed by atoms with E-state index in [9.17, 15) is 26.4 Å². The average molecular weight is 370 g/mol. The molecule has 9 heteroatoms. The molecule has 0 aromatic heterocycles. The van der Waals surface area contributed by atoms with Crippen LogP contribution in [0.15, 0.2) is 0 Å². The highest BCUT2D eigenvalue weighted by Gasteiger charge is 2.53. The molecule has 0 aliphatic heterocycles. The van der Waals surface area contributed by atoms with Crippen LogP contribution in [0.4, 0.5) is 13.2 Å². The van der Waals surface area contributed by atoms with E-state index in [1.54, 1.807) is 0 Å². The first-order valence-corrected chi connectivity index (χ1v) is 9.88. The van der Waals surface area contributed by atoms with Gasteiger partial charge in [0.25, 0.3) is 10.1 Å². The van der Waals surface area contributed by atoms with E-state index < -0.39 is 40.0 Å². The van der Waals surface area contributed by atoms with Crippen LogP contribution in [0.5, 0.6) is 0 Å². The third kappa shape index (κ3) is 3.71. The van der Waals surface area contributed by atoms with Gasteiger partial charge in [0.1, 0.15) is 5.75 Å². The number of esters is 1. The van der Waals surface area contributed by atoms with E-state index in [1.807, 2.05) is 0 Å². The molecule has 3 fully saturated rings. The number of hydrogen-bond donors (Lipinski definition) is 1. The number of carbonyl (C=O) groups is 1. The fourth-order valence-corrected chi connectivity index (χ4v) is 5.63. The van der Waals surface area contributed by atoms with Crippen molar-refractivity contribution in [2.75, 3.05) is 5.75 Å². The molecule has 24 heavy (non-hydrogen) atoms. The third-order valence-electron chi connectivity index (χ3n) is 5.93. The number of alkyl halides is 3. The number of hydrogen-bond acceptors (Lipinski definition) is 4. The second-order valence-corrected chi connectivity index (χ2v) is 8.91. The Kier molecular flexibility index (Phi) is 4.61. The summed E-state index contributed by atoms with van der Waals surface area (Å²) >= 11 is 0. The van der Waals surface area contributed by atoms with Crippen LogP contribution in [0.25, 0.3) is 0 Å². The SMILES string of the molecule is O=C(OC(CS(=O)(=O)O)C(F)(F)F)C1C2CCC3CCC(C2)CC31. The summed E-state index contributed by atoms with van der Waals surface area (Å²) < 4.78 is 73.8. The van der Waals surface area contributed by atoms with Gasteiger partial charge in [-0.25, -0.2) is 0 Å². The Balaban J connectivity index is 1.75. The molecule has 3 rings (SSSR count). The lowest BCUT2D eigenvalue weighted by molar-refractivity contribution is -0.222. The molecule has 0 amide bonds. The van der Waals surface area contributed by atoms with Crippen LogP contribution in [-0.2, 0) is 19.6 Å². The Labute approximate surface area is 138 Å². The highest BCUT2D eigenvalue weighted by molar-refractivity contribution is 7.85. The number of halogens is 3. The van der Waals surface area contributed by atoms with Crippen molar-refractivity contribution in [3.8, 4) is 0 Å². The topological polar surface area (TPSA) is 80.7 Å². The zero-order valence-corrected chi connectivity index (χ0v) is 13.9. The van der Waals surface area contributed by atoms with E-state index in [1.165, 1.54) is 0 Å². The molecule has 6 unspecified atom stereocenters. The normalized spacial score (nSPS) is 37.1. The first-order chi connectivity index (χ1) is 11.0. The quantitative estimate of drug-likeness (QED) is 0.608.